The molecule has 4 heteroatoms. The van der Waals surface area contributed by atoms with Gasteiger partial charge in [0.2, 0.25) is 0 Å². The fraction of sp³-hybridized carbons (Fsp3) is 0.538. The van der Waals surface area contributed by atoms with Crippen molar-refractivity contribution in [2.24, 2.45) is 5.84 Å². The lowest BCUT2D eigenvalue weighted by atomic mass is 9.84. The molecule has 3 N–H and O–H groups in total. The number of nitrogens with one attached hydrogen (secondary N) is 1. The molecule has 1 atom stereocenters. The van der Waals surface area contributed by atoms with Crippen molar-refractivity contribution in [2.45, 2.75) is 38.3 Å². The smallest absolute Gasteiger partial charge is 0.0880 e. The summed E-state index contributed by atoms with van der Waals surface area (Å²) in [5, 5.41) is 0.708. The Morgan fingerprint density at radius 2 is 2.06 bits per heavy atom. The third-order valence-corrected chi connectivity index (χ3v) is 3.71. The Labute approximate surface area is 108 Å². The molecule has 3 nitrogen and oxygen atoms in total. The van der Waals surface area contributed by atoms with Crippen molar-refractivity contribution in [1.82, 2.24) is 5.43 Å². The first-order chi connectivity index (χ1) is 8.13. The molecule has 1 rings (SSSR count). The number of benzene rings is 1. The summed E-state index contributed by atoms with van der Waals surface area (Å²) in [5.74, 6) is 5.69. The van der Waals surface area contributed by atoms with Gasteiger partial charge in [-0.25, -0.2) is 0 Å². The van der Waals surface area contributed by atoms with Crippen LogP contribution in [0.5, 0.6) is 0 Å². The van der Waals surface area contributed by atoms with Gasteiger partial charge in [-0.3, -0.25) is 11.3 Å². The number of methoxy groups -OCH3 is 1. The van der Waals surface area contributed by atoms with E-state index in [2.05, 4.69) is 19.3 Å². The molecule has 0 fully saturated rings. The second kappa shape index (κ2) is 6.36. The van der Waals surface area contributed by atoms with Gasteiger partial charge < -0.3 is 4.74 Å². The van der Waals surface area contributed by atoms with Crippen molar-refractivity contribution in [3.8, 4) is 0 Å². The summed E-state index contributed by atoms with van der Waals surface area (Å²) in [7, 11) is 1.72. The molecule has 0 spiro atoms. The van der Waals surface area contributed by atoms with E-state index >= 15 is 0 Å². The number of hydrogen-bond donors (Lipinski definition) is 2. The van der Waals surface area contributed by atoms with Crippen molar-refractivity contribution in [3.05, 3.63) is 34.9 Å². The van der Waals surface area contributed by atoms with Gasteiger partial charge in [0.15, 0.2) is 0 Å². The summed E-state index contributed by atoms with van der Waals surface area (Å²) in [6, 6.07) is 7.64. The van der Waals surface area contributed by atoms with Gasteiger partial charge in [-0.15, -0.1) is 0 Å². The first kappa shape index (κ1) is 14.5. The zero-order valence-corrected chi connectivity index (χ0v) is 11.4. The van der Waals surface area contributed by atoms with Gasteiger partial charge in [0.1, 0.15) is 0 Å². The Morgan fingerprint density at radius 3 is 2.47 bits per heavy atom. The number of rotatable bonds is 6. The Kier molecular flexibility index (Phi) is 5.40. The van der Waals surface area contributed by atoms with Gasteiger partial charge >= 0.3 is 0 Å². The monoisotopic (exact) mass is 256 g/mol. The zero-order chi connectivity index (χ0) is 12.9. The van der Waals surface area contributed by atoms with Crippen LogP contribution in [0.15, 0.2) is 24.3 Å². The molecule has 0 aliphatic rings. The topological polar surface area (TPSA) is 47.3 Å². The van der Waals surface area contributed by atoms with E-state index in [-0.39, 0.29) is 11.6 Å². The van der Waals surface area contributed by atoms with Crippen LogP contribution in [0.4, 0.5) is 0 Å². The van der Waals surface area contributed by atoms with Gasteiger partial charge in [0.05, 0.1) is 11.6 Å². The molecule has 0 saturated carbocycles. The standard InChI is InChI=1S/C13H21ClN2O/c1-4-13(5-2,17-3)12(16-15)10-7-6-8-11(14)9-10/h6-9,12,16H,4-5,15H2,1-3H3. The molecule has 1 unspecified atom stereocenters. The molecule has 0 aromatic heterocycles. The van der Waals surface area contributed by atoms with Crippen LogP contribution in [0, 0.1) is 0 Å². The summed E-state index contributed by atoms with van der Waals surface area (Å²) in [6.07, 6.45) is 1.75. The molecule has 0 bridgehead atoms. The summed E-state index contributed by atoms with van der Waals surface area (Å²) >= 11 is 6.02. The molecule has 0 aliphatic carbocycles. The Bertz CT molecular complexity index is 345. The molecule has 1 aromatic carbocycles. The summed E-state index contributed by atoms with van der Waals surface area (Å²) < 4.78 is 5.70. The molecule has 0 aliphatic heterocycles. The van der Waals surface area contributed by atoms with Crippen LogP contribution >= 0.6 is 11.6 Å². The van der Waals surface area contributed by atoms with Crippen molar-refractivity contribution >= 4 is 11.6 Å². The number of halogens is 1. The molecular formula is C13H21ClN2O. The molecule has 0 heterocycles. The van der Waals surface area contributed by atoms with Gasteiger partial charge in [-0.05, 0) is 30.5 Å². The average Bonchev–Trinajstić information content (AvgIpc) is 2.36. The zero-order valence-electron chi connectivity index (χ0n) is 10.7. The fourth-order valence-electron chi connectivity index (χ4n) is 2.30. The second-order valence-electron chi connectivity index (χ2n) is 4.13. The van der Waals surface area contributed by atoms with Crippen LogP contribution < -0.4 is 11.3 Å². The highest BCUT2D eigenvalue weighted by Gasteiger charge is 2.36. The van der Waals surface area contributed by atoms with E-state index in [0.29, 0.717) is 5.02 Å². The molecule has 96 valence electrons. The summed E-state index contributed by atoms with van der Waals surface area (Å²) in [5.41, 5.74) is 3.60. The highest BCUT2D eigenvalue weighted by atomic mass is 35.5. The Morgan fingerprint density at radius 1 is 1.41 bits per heavy atom. The van der Waals surface area contributed by atoms with Gasteiger partial charge in [0, 0.05) is 12.1 Å². The third-order valence-electron chi connectivity index (χ3n) is 3.48. The molecule has 0 saturated heterocycles. The number of hydrogen-bond acceptors (Lipinski definition) is 3. The Hall–Kier alpha value is -0.610. The highest BCUT2D eigenvalue weighted by Crippen LogP contribution is 2.35. The maximum atomic E-state index is 6.02. The molecule has 17 heavy (non-hydrogen) atoms. The lowest BCUT2D eigenvalue weighted by Gasteiger charge is -2.38. The predicted molar refractivity (Wildman–Crippen MR) is 71.8 cm³/mol. The van der Waals surface area contributed by atoms with E-state index in [1.54, 1.807) is 7.11 Å². The molecule has 0 radical (unpaired) electrons. The minimum Gasteiger partial charge on any atom is -0.376 e. The molecule has 0 amide bonds. The average molecular weight is 257 g/mol. The van der Waals surface area contributed by atoms with Gasteiger partial charge in [0.25, 0.3) is 0 Å². The van der Waals surface area contributed by atoms with Crippen LogP contribution in [0.25, 0.3) is 0 Å². The predicted octanol–water partition coefficient (Wildman–Crippen LogP) is 3.05. The fourth-order valence-corrected chi connectivity index (χ4v) is 2.50. The van der Waals surface area contributed by atoms with Crippen molar-refractivity contribution in [3.63, 3.8) is 0 Å². The van der Waals surface area contributed by atoms with Crippen LogP contribution in [-0.4, -0.2) is 12.7 Å². The number of ether oxygens (including phenoxy) is 1. The van der Waals surface area contributed by atoms with E-state index in [1.807, 2.05) is 24.3 Å². The van der Waals surface area contributed by atoms with Crippen LogP contribution in [0.2, 0.25) is 5.02 Å². The van der Waals surface area contributed by atoms with Crippen molar-refractivity contribution in [2.75, 3.05) is 7.11 Å². The van der Waals surface area contributed by atoms with Crippen molar-refractivity contribution in [1.29, 1.82) is 0 Å². The maximum absolute atomic E-state index is 6.02. The number of nitrogens with two attached hydrogens (primary N) is 1. The highest BCUT2D eigenvalue weighted by molar-refractivity contribution is 6.30. The first-order valence-corrected chi connectivity index (χ1v) is 6.28. The van der Waals surface area contributed by atoms with E-state index in [0.717, 1.165) is 18.4 Å². The SMILES string of the molecule is CCC(CC)(OC)C(NN)c1cccc(Cl)c1. The Balaban J connectivity index is 3.13. The first-order valence-electron chi connectivity index (χ1n) is 5.90. The second-order valence-corrected chi connectivity index (χ2v) is 4.57. The lowest BCUT2D eigenvalue weighted by molar-refractivity contribution is -0.0486. The minimum atomic E-state index is -0.306. The van der Waals surface area contributed by atoms with Gasteiger partial charge in [-0.1, -0.05) is 37.6 Å². The van der Waals surface area contributed by atoms with Gasteiger partial charge in [-0.2, -0.15) is 0 Å². The quantitative estimate of drug-likeness (QED) is 0.608. The van der Waals surface area contributed by atoms with Crippen molar-refractivity contribution < 1.29 is 4.74 Å². The van der Waals surface area contributed by atoms with Crippen LogP contribution in [-0.2, 0) is 4.74 Å². The maximum Gasteiger partial charge on any atom is 0.0880 e. The number of hydrazine groups is 1. The van der Waals surface area contributed by atoms with E-state index in [4.69, 9.17) is 22.2 Å². The minimum absolute atomic E-state index is 0.0683. The normalized spacial score (nSPS) is 13.7. The van der Waals surface area contributed by atoms with E-state index < -0.39 is 0 Å². The van der Waals surface area contributed by atoms with Crippen LogP contribution in [0.3, 0.4) is 0 Å². The summed E-state index contributed by atoms with van der Waals surface area (Å²) in [6.45, 7) is 4.20. The molecular weight excluding hydrogens is 236 g/mol. The summed E-state index contributed by atoms with van der Waals surface area (Å²) in [4.78, 5) is 0. The third kappa shape index (κ3) is 2.99. The van der Waals surface area contributed by atoms with E-state index in [1.165, 1.54) is 0 Å². The van der Waals surface area contributed by atoms with E-state index in [9.17, 15) is 0 Å². The molecule has 1 aromatic rings. The largest absolute Gasteiger partial charge is 0.376 e. The van der Waals surface area contributed by atoms with Crippen LogP contribution in [0.1, 0.15) is 38.3 Å². The lowest BCUT2D eigenvalue weighted by Crippen LogP contribution is -2.47.